The maximum absolute atomic E-state index is 12.7. The first-order valence-corrected chi connectivity index (χ1v) is 9.85. The lowest BCUT2D eigenvalue weighted by atomic mass is 9.99. The molecule has 134 valence electrons. The lowest BCUT2D eigenvalue weighted by Gasteiger charge is -2.30. The van der Waals surface area contributed by atoms with Crippen LogP contribution in [-0.2, 0) is 17.6 Å². The average Bonchev–Trinajstić information content (AvgIpc) is 3.32. The summed E-state index contributed by atoms with van der Waals surface area (Å²) in [5.74, 6) is 1.39. The Bertz CT molecular complexity index is 902. The van der Waals surface area contributed by atoms with Crippen LogP contribution < -0.4 is 4.90 Å². The minimum absolute atomic E-state index is 0.174. The largest absolute Gasteiger partial charge is 0.339 e. The Balaban J connectivity index is 1.35. The summed E-state index contributed by atoms with van der Waals surface area (Å²) >= 11 is 1.59. The van der Waals surface area contributed by atoms with Crippen LogP contribution in [0.25, 0.3) is 10.7 Å². The van der Waals surface area contributed by atoms with Gasteiger partial charge in [0, 0.05) is 25.1 Å². The van der Waals surface area contributed by atoms with Gasteiger partial charge in [0.25, 0.3) is 0 Å². The van der Waals surface area contributed by atoms with Gasteiger partial charge in [0.15, 0.2) is 0 Å². The number of carbonyl (C=O) groups excluding carboxylic acids is 1. The van der Waals surface area contributed by atoms with Crippen LogP contribution in [0, 0.1) is 6.92 Å². The van der Waals surface area contributed by atoms with Crippen LogP contribution in [0.1, 0.15) is 36.3 Å². The number of thiophene rings is 1. The molecule has 2 aromatic heterocycles. The highest BCUT2D eigenvalue weighted by atomic mass is 32.1. The molecule has 1 aliphatic rings. The van der Waals surface area contributed by atoms with Gasteiger partial charge in [-0.1, -0.05) is 28.9 Å². The van der Waals surface area contributed by atoms with Gasteiger partial charge in [-0.25, -0.2) is 0 Å². The molecule has 0 atom stereocenters. The molecule has 1 aliphatic heterocycles. The number of fused-ring (bicyclic) bond motifs is 1. The number of rotatable bonds is 5. The summed E-state index contributed by atoms with van der Waals surface area (Å²) in [5.41, 5.74) is 3.60. The van der Waals surface area contributed by atoms with Crippen LogP contribution in [0.4, 0.5) is 5.69 Å². The molecule has 0 fully saturated rings. The molecule has 1 amide bonds. The molecule has 4 rings (SSSR count). The normalized spacial score (nSPS) is 13.7. The fraction of sp³-hybridized carbons (Fsp3) is 0.350. The van der Waals surface area contributed by atoms with E-state index in [1.807, 2.05) is 22.4 Å². The van der Waals surface area contributed by atoms with Crippen molar-refractivity contribution in [3.8, 4) is 10.7 Å². The van der Waals surface area contributed by atoms with E-state index in [9.17, 15) is 4.79 Å². The standard InChI is InChI=1S/C20H21N3O2S/c1-14-9-10-16-15(13-14)5-3-11-23(16)19(24)8-2-7-18-21-20(22-25-18)17-6-4-12-26-17/h4,6,9-10,12-13H,2-3,5,7-8,11H2,1H3. The van der Waals surface area contributed by atoms with Gasteiger partial charge in [-0.3, -0.25) is 4.79 Å². The molecular formula is C20H21N3O2S. The van der Waals surface area contributed by atoms with Crippen molar-refractivity contribution < 1.29 is 9.32 Å². The molecule has 0 saturated carbocycles. The van der Waals surface area contributed by atoms with Crippen molar-refractivity contribution in [2.24, 2.45) is 0 Å². The number of benzene rings is 1. The first-order chi connectivity index (χ1) is 12.7. The van der Waals surface area contributed by atoms with Gasteiger partial charge < -0.3 is 9.42 Å². The third-order valence-electron chi connectivity index (χ3n) is 4.65. The van der Waals surface area contributed by atoms with Crippen molar-refractivity contribution >= 4 is 22.9 Å². The van der Waals surface area contributed by atoms with Gasteiger partial charge in [0.1, 0.15) is 0 Å². The summed E-state index contributed by atoms with van der Waals surface area (Å²) in [6.07, 6.45) is 3.90. The van der Waals surface area contributed by atoms with Crippen LogP contribution >= 0.6 is 11.3 Å². The van der Waals surface area contributed by atoms with E-state index < -0.39 is 0 Å². The highest BCUT2D eigenvalue weighted by Gasteiger charge is 2.22. The third kappa shape index (κ3) is 3.55. The first-order valence-electron chi connectivity index (χ1n) is 8.97. The summed E-state index contributed by atoms with van der Waals surface area (Å²) in [6, 6.07) is 10.3. The molecule has 0 N–H and O–H groups in total. The summed E-state index contributed by atoms with van der Waals surface area (Å²) in [5, 5.41) is 6.00. The van der Waals surface area contributed by atoms with E-state index in [-0.39, 0.29) is 5.91 Å². The van der Waals surface area contributed by atoms with Crippen molar-refractivity contribution in [3.63, 3.8) is 0 Å². The fourth-order valence-corrected chi connectivity index (χ4v) is 4.02. The molecule has 0 bridgehead atoms. The Morgan fingerprint density at radius 2 is 2.27 bits per heavy atom. The highest BCUT2D eigenvalue weighted by Crippen LogP contribution is 2.29. The van der Waals surface area contributed by atoms with Crippen LogP contribution in [0.5, 0.6) is 0 Å². The Kier molecular flexibility index (Phi) is 4.84. The summed E-state index contributed by atoms with van der Waals surface area (Å²) in [6.45, 7) is 2.90. The van der Waals surface area contributed by atoms with E-state index in [4.69, 9.17) is 4.52 Å². The smallest absolute Gasteiger partial charge is 0.226 e. The minimum atomic E-state index is 0.174. The zero-order chi connectivity index (χ0) is 17.9. The van der Waals surface area contributed by atoms with E-state index in [2.05, 4.69) is 35.3 Å². The Labute approximate surface area is 156 Å². The number of nitrogens with zero attached hydrogens (tertiary/aromatic N) is 3. The van der Waals surface area contributed by atoms with E-state index in [1.165, 1.54) is 11.1 Å². The summed E-state index contributed by atoms with van der Waals surface area (Å²) < 4.78 is 5.31. The lowest BCUT2D eigenvalue weighted by molar-refractivity contribution is -0.118. The predicted molar refractivity (Wildman–Crippen MR) is 102 cm³/mol. The van der Waals surface area contributed by atoms with E-state index in [0.717, 1.165) is 30.0 Å². The molecule has 5 nitrogen and oxygen atoms in total. The predicted octanol–water partition coefficient (Wildman–Crippen LogP) is 4.41. The SMILES string of the molecule is Cc1ccc2c(c1)CCCN2C(=O)CCCc1nc(-c2cccs2)no1. The number of aromatic nitrogens is 2. The quantitative estimate of drug-likeness (QED) is 0.670. The second-order valence-corrected chi connectivity index (χ2v) is 7.57. The first kappa shape index (κ1) is 17.0. The Morgan fingerprint density at radius 1 is 1.35 bits per heavy atom. The summed E-state index contributed by atoms with van der Waals surface area (Å²) in [7, 11) is 0. The maximum Gasteiger partial charge on any atom is 0.226 e. The molecule has 3 heterocycles. The lowest BCUT2D eigenvalue weighted by Crippen LogP contribution is -2.35. The van der Waals surface area contributed by atoms with Crippen LogP contribution in [0.3, 0.4) is 0 Å². The molecule has 3 aromatic rings. The monoisotopic (exact) mass is 367 g/mol. The number of hydrogen-bond acceptors (Lipinski definition) is 5. The summed E-state index contributed by atoms with van der Waals surface area (Å²) in [4.78, 5) is 20.0. The number of hydrogen-bond donors (Lipinski definition) is 0. The van der Waals surface area contributed by atoms with Gasteiger partial charge in [-0.15, -0.1) is 11.3 Å². The van der Waals surface area contributed by atoms with Crippen LogP contribution in [0.15, 0.2) is 40.2 Å². The van der Waals surface area contributed by atoms with E-state index >= 15 is 0 Å². The van der Waals surface area contributed by atoms with Gasteiger partial charge in [-0.2, -0.15) is 4.98 Å². The molecule has 0 radical (unpaired) electrons. The fourth-order valence-electron chi connectivity index (χ4n) is 3.37. The minimum Gasteiger partial charge on any atom is -0.339 e. The van der Waals surface area contributed by atoms with Crippen molar-refractivity contribution in [2.45, 2.75) is 39.0 Å². The molecule has 0 unspecified atom stereocenters. The van der Waals surface area contributed by atoms with Crippen molar-refractivity contribution in [1.29, 1.82) is 0 Å². The highest BCUT2D eigenvalue weighted by molar-refractivity contribution is 7.13. The molecule has 26 heavy (non-hydrogen) atoms. The molecule has 1 aromatic carbocycles. The van der Waals surface area contributed by atoms with E-state index in [1.54, 1.807) is 11.3 Å². The number of carbonyl (C=O) groups is 1. The zero-order valence-electron chi connectivity index (χ0n) is 14.8. The van der Waals surface area contributed by atoms with Gasteiger partial charge in [0.05, 0.1) is 4.88 Å². The zero-order valence-corrected chi connectivity index (χ0v) is 15.6. The van der Waals surface area contributed by atoms with Gasteiger partial charge >= 0.3 is 0 Å². The van der Waals surface area contributed by atoms with Crippen molar-refractivity contribution in [2.75, 3.05) is 11.4 Å². The third-order valence-corrected chi connectivity index (χ3v) is 5.51. The molecule has 0 saturated heterocycles. The van der Waals surface area contributed by atoms with Crippen molar-refractivity contribution in [1.82, 2.24) is 10.1 Å². The molecule has 6 heteroatoms. The number of aryl methyl sites for hydroxylation is 3. The number of anilines is 1. The molecule has 0 spiro atoms. The Morgan fingerprint density at radius 3 is 3.12 bits per heavy atom. The van der Waals surface area contributed by atoms with Gasteiger partial charge in [0.2, 0.25) is 17.6 Å². The second-order valence-electron chi connectivity index (χ2n) is 6.62. The number of amides is 1. The molecule has 0 aliphatic carbocycles. The maximum atomic E-state index is 12.7. The van der Waals surface area contributed by atoms with Crippen LogP contribution in [0.2, 0.25) is 0 Å². The topological polar surface area (TPSA) is 59.2 Å². The van der Waals surface area contributed by atoms with E-state index in [0.29, 0.717) is 31.0 Å². The van der Waals surface area contributed by atoms with Gasteiger partial charge in [-0.05, 0) is 49.3 Å². The van der Waals surface area contributed by atoms with Crippen molar-refractivity contribution in [3.05, 3.63) is 52.7 Å². The van der Waals surface area contributed by atoms with Crippen LogP contribution in [-0.4, -0.2) is 22.6 Å². The Hall–Kier alpha value is -2.47. The second kappa shape index (κ2) is 7.41. The molecular weight excluding hydrogens is 346 g/mol. The average molecular weight is 367 g/mol.